The Morgan fingerprint density at radius 3 is 2.00 bits per heavy atom. The van der Waals surface area contributed by atoms with Crippen molar-refractivity contribution in [2.75, 3.05) is 0 Å². The molecule has 23 heavy (non-hydrogen) atoms. The molecule has 0 spiro atoms. The zero-order valence-corrected chi connectivity index (χ0v) is 12.2. The van der Waals surface area contributed by atoms with Crippen LogP contribution >= 0.6 is 0 Å². The third-order valence-corrected chi connectivity index (χ3v) is 4.09. The van der Waals surface area contributed by atoms with Crippen LogP contribution in [0.5, 0.6) is 0 Å². The highest BCUT2D eigenvalue weighted by atomic mass is 32.2. The van der Waals surface area contributed by atoms with Gasteiger partial charge in [-0.15, -0.1) is 0 Å². The van der Waals surface area contributed by atoms with Gasteiger partial charge in [-0.25, -0.2) is 0 Å². The standard InChI is InChI=1S/C13H9N3O6S/c17-15(18)11-6-2-1-5-10(11)9-14-23(21,22)13-8-4-3-7-12(13)16(19)20/h1-9H/b14-9+. The van der Waals surface area contributed by atoms with E-state index in [1.807, 2.05) is 0 Å². The maximum absolute atomic E-state index is 12.1. The normalized spacial score (nSPS) is 11.5. The molecule has 0 atom stereocenters. The number of hydrogen-bond donors (Lipinski definition) is 0. The lowest BCUT2D eigenvalue weighted by Gasteiger charge is -2.00. The van der Waals surface area contributed by atoms with E-state index in [9.17, 15) is 28.6 Å². The van der Waals surface area contributed by atoms with Gasteiger partial charge >= 0.3 is 0 Å². The predicted molar refractivity (Wildman–Crippen MR) is 81.0 cm³/mol. The lowest BCUT2D eigenvalue weighted by Crippen LogP contribution is -2.03. The molecule has 0 aromatic heterocycles. The van der Waals surface area contributed by atoms with Gasteiger partial charge in [0.1, 0.15) is 0 Å². The zero-order valence-electron chi connectivity index (χ0n) is 11.4. The molecule has 9 nitrogen and oxygen atoms in total. The van der Waals surface area contributed by atoms with E-state index >= 15 is 0 Å². The van der Waals surface area contributed by atoms with Gasteiger partial charge in [-0.2, -0.15) is 12.8 Å². The van der Waals surface area contributed by atoms with Gasteiger partial charge in [-0.05, 0) is 12.1 Å². The minimum atomic E-state index is -4.37. The molecule has 0 saturated carbocycles. The monoisotopic (exact) mass is 335 g/mol. The fourth-order valence-electron chi connectivity index (χ4n) is 1.77. The van der Waals surface area contributed by atoms with E-state index in [2.05, 4.69) is 4.40 Å². The van der Waals surface area contributed by atoms with Gasteiger partial charge in [0.15, 0.2) is 4.90 Å². The van der Waals surface area contributed by atoms with Crippen molar-refractivity contribution in [3.8, 4) is 0 Å². The Kier molecular flexibility index (Phi) is 4.46. The molecule has 2 rings (SSSR count). The van der Waals surface area contributed by atoms with Crippen molar-refractivity contribution >= 4 is 27.6 Å². The fraction of sp³-hybridized carbons (Fsp3) is 0. The number of benzene rings is 2. The summed E-state index contributed by atoms with van der Waals surface area (Å²) in [6, 6.07) is 10.1. The summed E-state index contributed by atoms with van der Waals surface area (Å²) in [5.41, 5.74) is -0.971. The Balaban J connectivity index is 2.48. The van der Waals surface area contributed by atoms with Gasteiger partial charge in [0.05, 0.1) is 21.6 Å². The minimum Gasteiger partial charge on any atom is -0.258 e. The van der Waals surface area contributed by atoms with Crippen LogP contribution in [0.4, 0.5) is 11.4 Å². The number of para-hydroxylation sites is 2. The Bertz CT molecular complexity index is 907. The molecule has 0 unspecified atom stereocenters. The molecule has 0 N–H and O–H groups in total. The Morgan fingerprint density at radius 2 is 1.39 bits per heavy atom. The molecule has 0 bridgehead atoms. The van der Waals surface area contributed by atoms with Gasteiger partial charge in [0, 0.05) is 12.1 Å². The first-order valence-electron chi connectivity index (χ1n) is 6.10. The summed E-state index contributed by atoms with van der Waals surface area (Å²) in [6.45, 7) is 0. The average Bonchev–Trinajstić information content (AvgIpc) is 2.53. The highest BCUT2D eigenvalue weighted by molar-refractivity contribution is 7.90. The molecule has 118 valence electrons. The minimum absolute atomic E-state index is 0.0281. The van der Waals surface area contributed by atoms with E-state index in [4.69, 9.17) is 0 Å². The molecule has 0 saturated heterocycles. The SMILES string of the molecule is O=[N+]([O-])c1ccccc1/C=N/S(=O)(=O)c1ccccc1[N+](=O)[O-]. The van der Waals surface area contributed by atoms with Crippen LogP contribution in [0.3, 0.4) is 0 Å². The molecular weight excluding hydrogens is 326 g/mol. The van der Waals surface area contributed by atoms with Crippen molar-refractivity contribution in [1.82, 2.24) is 0 Å². The van der Waals surface area contributed by atoms with Crippen molar-refractivity contribution in [1.29, 1.82) is 0 Å². The first-order valence-corrected chi connectivity index (χ1v) is 7.54. The summed E-state index contributed by atoms with van der Waals surface area (Å²) in [5.74, 6) is 0. The van der Waals surface area contributed by atoms with Crippen molar-refractivity contribution in [2.45, 2.75) is 4.90 Å². The number of rotatable bonds is 5. The summed E-state index contributed by atoms with van der Waals surface area (Å²) in [6.07, 6.45) is 0.796. The number of nitro groups is 2. The predicted octanol–water partition coefficient (Wildman–Crippen LogP) is 2.31. The lowest BCUT2D eigenvalue weighted by molar-refractivity contribution is -0.387. The van der Waals surface area contributed by atoms with Crippen molar-refractivity contribution in [2.24, 2.45) is 4.40 Å². The van der Waals surface area contributed by atoms with E-state index < -0.39 is 30.5 Å². The number of sulfonamides is 1. The molecular formula is C13H9N3O6S. The van der Waals surface area contributed by atoms with E-state index in [1.165, 1.54) is 36.4 Å². The maximum atomic E-state index is 12.1. The van der Waals surface area contributed by atoms with Gasteiger partial charge < -0.3 is 0 Å². The molecule has 10 heteroatoms. The zero-order chi connectivity index (χ0) is 17.0. The van der Waals surface area contributed by atoms with Crippen LogP contribution in [0.1, 0.15) is 5.56 Å². The van der Waals surface area contributed by atoms with E-state index in [0.29, 0.717) is 0 Å². The fourth-order valence-corrected chi connectivity index (χ4v) is 2.80. The first-order chi connectivity index (χ1) is 10.8. The summed E-state index contributed by atoms with van der Waals surface area (Å²) < 4.78 is 27.6. The maximum Gasteiger partial charge on any atom is 0.289 e. The van der Waals surface area contributed by atoms with Crippen LogP contribution < -0.4 is 0 Å². The smallest absolute Gasteiger partial charge is 0.258 e. The number of hydrogen-bond acceptors (Lipinski definition) is 6. The largest absolute Gasteiger partial charge is 0.289 e. The molecule has 0 heterocycles. The summed E-state index contributed by atoms with van der Waals surface area (Å²) in [7, 11) is -4.37. The first kappa shape index (κ1) is 16.2. The second-order valence-corrected chi connectivity index (χ2v) is 5.85. The highest BCUT2D eigenvalue weighted by Gasteiger charge is 2.24. The molecule has 0 aliphatic carbocycles. The van der Waals surface area contributed by atoms with Crippen molar-refractivity contribution in [3.63, 3.8) is 0 Å². The van der Waals surface area contributed by atoms with E-state index in [0.717, 1.165) is 18.3 Å². The Hall–Kier alpha value is -3.14. The molecule has 2 aromatic carbocycles. The summed E-state index contributed by atoms with van der Waals surface area (Å²) in [5, 5.41) is 21.8. The quantitative estimate of drug-likeness (QED) is 0.467. The summed E-state index contributed by atoms with van der Waals surface area (Å²) in [4.78, 5) is 19.6. The molecule has 0 aliphatic heterocycles. The molecule has 0 aliphatic rings. The van der Waals surface area contributed by atoms with Crippen LogP contribution in [0.2, 0.25) is 0 Å². The van der Waals surface area contributed by atoms with Crippen LogP contribution in [0.25, 0.3) is 0 Å². The number of nitro benzene ring substituents is 2. The molecule has 0 amide bonds. The topological polar surface area (TPSA) is 133 Å². The molecule has 2 aromatic rings. The van der Waals surface area contributed by atoms with Crippen LogP contribution in [-0.2, 0) is 10.0 Å². The van der Waals surface area contributed by atoms with Crippen LogP contribution in [0, 0.1) is 20.2 Å². The Labute approximate surface area is 130 Å². The Morgan fingerprint density at radius 1 is 0.870 bits per heavy atom. The summed E-state index contributed by atoms with van der Waals surface area (Å²) >= 11 is 0. The van der Waals surface area contributed by atoms with Crippen molar-refractivity contribution in [3.05, 3.63) is 74.3 Å². The second-order valence-electron chi connectivity index (χ2n) is 4.25. The van der Waals surface area contributed by atoms with Gasteiger partial charge in [-0.1, -0.05) is 24.3 Å². The van der Waals surface area contributed by atoms with Gasteiger partial charge in [-0.3, -0.25) is 20.2 Å². The highest BCUT2D eigenvalue weighted by Crippen LogP contribution is 2.25. The average molecular weight is 335 g/mol. The van der Waals surface area contributed by atoms with E-state index in [-0.39, 0.29) is 11.3 Å². The van der Waals surface area contributed by atoms with Gasteiger partial charge in [0.25, 0.3) is 21.4 Å². The third-order valence-electron chi connectivity index (χ3n) is 2.80. The molecule has 0 fully saturated rings. The van der Waals surface area contributed by atoms with E-state index in [1.54, 1.807) is 0 Å². The van der Waals surface area contributed by atoms with Crippen LogP contribution in [-0.4, -0.2) is 24.5 Å². The van der Waals surface area contributed by atoms with Gasteiger partial charge in [0.2, 0.25) is 0 Å². The number of nitrogens with zero attached hydrogens (tertiary/aromatic N) is 3. The van der Waals surface area contributed by atoms with Crippen LogP contribution in [0.15, 0.2) is 57.8 Å². The second kappa shape index (κ2) is 6.32. The molecule has 0 radical (unpaired) electrons. The van der Waals surface area contributed by atoms with Crippen molar-refractivity contribution < 1.29 is 18.3 Å². The lowest BCUT2D eigenvalue weighted by atomic mass is 10.2. The third kappa shape index (κ3) is 3.55.